The number of nitrogens with one attached hydrogen (secondary N) is 1. The van der Waals surface area contributed by atoms with Crippen molar-refractivity contribution in [2.75, 3.05) is 0 Å². The third kappa shape index (κ3) is 5.05. The summed E-state index contributed by atoms with van der Waals surface area (Å²) in [6.45, 7) is 5.27. The van der Waals surface area contributed by atoms with Crippen molar-refractivity contribution in [3.05, 3.63) is 40.9 Å². The highest BCUT2D eigenvalue weighted by molar-refractivity contribution is 6.30. The quantitative estimate of drug-likeness (QED) is 0.839. The highest BCUT2D eigenvalue weighted by atomic mass is 35.5. The second-order valence-corrected chi connectivity index (χ2v) is 5.97. The molecule has 1 amide bonds. The highest BCUT2D eigenvalue weighted by Gasteiger charge is 2.31. The summed E-state index contributed by atoms with van der Waals surface area (Å²) in [6.07, 6.45) is 2.89. The first-order valence-corrected chi connectivity index (χ1v) is 6.55. The van der Waals surface area contributed by atoms with Crippen LogP contribution in [-0.2, 0) is 9.59 Å². The Morgan fingerprint density at radius 3 is 2.50 bits per heavy atom. The van der Waals surface area contributed by atoms with Crippen LogP contribution in [0.5, 0.6) is 0 Å². The summed E-state index contributed by atoms with van der Waals surface area (Å²) in [5.41, 5.74) is 0.209. The zero-order chi connectivity index (χ0) is 15.3. The van der Waals surface area contributed by atoms with Crippen LogP contribution < -0.4 is 5.32 Å². The van der Waals surface area contributed by atoms with Crippen LogP contribution in [0.25, 0.3) is 6.08 Å². The van der Waals surface area contributed by atoms with E-state index < -0.39 is 23.3 Å². The van der Waals surface area contributed by atoms with Gasteiger partial charge in [-0.25, -0.2) is 4.79 Å². The maximum Gasteiger partial charge on any atom is 0.326 e. The first kappa shape index (κ1) is 16.2. The van der Waals surface area contributed by atoms with Crippen LogP contribution in [0.15, 0.2) is 30.3 Å². The number of carboxylic acids is 1. The van der Waals surface area contributed by atoms with E-state index >= 15 is 0 Å². The van der Waals surface area contributed by atoms with Gasteiger partial charge in [0.15, 0.2) is 0 Å². The standard InChI is InChI=1S/C15H18ClNO3/c1-15(2,3)13(14(19)20)17-12(18)8-7-10-5-4-6-11(16)9-10/h4-9,13H,1-3H3,(H,17,18)(H,19,20)/b8-7+/t13-/m0/s1. The molecule has 4 nitrogen and oxygen atoms in total. The zero-order valence-electron chi connectivity index (χ0n) is 11.7. The van der Waals surface area contributed by atoms with Gasteiger partial charge in [-0.15, -0.1) is 0 Å². The van der Waals surface area contributed by atoms with Crippen molar-refractivity contribution in [1.82, 2.24) is 5.32 Å². The van der Waals surface area contributed by atoms with Crippen LogP contribution in [0.2, 0.25) is 5.02 Å². The molecule has 0 fully saturated rings. The zero-order valence-corrected chi connectivity index (χ0v) is 12.4. The third-order valence-corrected chi connectivity index (χ3v) is 2.91. The molecule has 0 bridgehead atoms. The van der Waals surface area contributed by atoms with Gasteiger partial charge in [0.2, 0.25) is 5.91 Å². The molecule has 0 radical (unpaired) electrons. The molecule has 1 rings (SSSR count). The molecule has 0 unspecified atom stereocenters. The van der Waals surface area contributed by atoms with Gasteiger partial charge in [0, 0.05) is 11.1 Å². The van der Waals surface area contributed by atoms with E-state index in [2.05, 4.69) is 5.32 Å². The molecule has 1 aromatic carbocycles. The maximum atomic E-state index is 11.8. The van der Waals surface area contributed by atoms with Gasteiger partial charge in [0.1, 0.15) is 6.04 Å². The second kappa shape index (κ2) is 6.57. The van der Waals surface area contributed by atoms with Crippen LogP contribution in [-0.4, -0.2) is 23.0 Å². The van der Waals surface area contributed by atoms with Gasteiger partial charge in [-0.2, -0.15) is 0 Å². The Bertz CT molecular complexity index is 532. The minimum Gasteiger partial charge on any atom is -0.480 e. The molecule has 5 heteroatoms. The van der Waals surface area contributed by atoms with E-state index in [9.17, 15) is 9.59 Å². The molecule has 20 heavy (non-hydrogen) atoms. The number of rotatable bonds is 4. The molecule has 0 saturated heterocycles. The number of carbonyl (C=O) groups is 2. The van der Waals surface area contributed by atoms with Crippen molar-refractivity contribution in [2.45, 2.75) is 26.8 Å². The molecule has 0 saturated carbocycles. The molecule has 108 valence electrons. The summed E-state index contributed by atoms with van der Waals surface area (Å²) in [5.74, 6) is -1.51. The molecular formula is C15H18ClNO3. The van der Waals surface area contributed by atoms with Crippen molar-refractivity contribution >= 4 is 29.6 Å². The molecule has 0 aliphatic rings. The Morgan fingerprint density at radius 2 is 2.00 bits per heavy atom. The van der Waals surface area contributed by atoms with Crippen molar-refractivity contribution in [3.8, 4) is 0 Å². The van der Waals surface area contributed by atoms with Gasteiger partial charge in [-0.3, -0.25) is 4.79 Å². The predicted molar refractivity (Wildman–Crippen MR) is 79.5 cm³/mol. The Balaban J connectivity index is 2.74. The van der Waals surface area contributed by atoms with Gasteiger partial charge in [0.25, 0.3) is 0 Å². The number of carboxylic acid groups (broad SMARTS) is 1. The molecule has 1 atom stereocenters. The van der Waals surface area contributed by atoms with Crippen molar-refractivity contribution in [1.29, 1.82) is 0 Å². The maximum absolute atomic E-state index is 11.8. The summed E-state index contributed by atoms with van der Waals surface area (Å²) >= 11 is 5.83. The number of hydrogen-bond donors (Lipinski definition) is 2. The van der Waals surface area contributed by atoms with E-state index in [0.29, 0.717) is 5.02 Å². The topological polar surface area (TPSA) is 66.4 Å². The van der Waals surface area contributed by atoms with Gasteiger partial charge >= 0.3 is 5.97 Å². The average Bonchev–Trinajstić information content (AvgIpc) is 2.31. The van der Waals surface area contributed by atoms with E-state index in [1.54, 1.807) is 51.1 Å². The van der Waals surface area contributed by atoms with Gasteiger partial charge in [-0.1, -0.05) is 44.5 Å². The second-order valence-electron chi connectivity index (χ2n) is 5.53. The van der Waals surface area contributed by atoms with Crippen LogP contribution in [0, 0.1) is 5.41 Å². The lowest BCUT2D eigenvalue weighted by atomic mass is 9.87. The van der Waals surface area contributed by atoms with Crippen molar-refractivity contribution in [3.63, 3.8) is 0 Å². The lowest BCUT2D eigenvalue weighted by Crippen LogP contribution is -2.48. The van der Waals surface area contributed by atoms with Crippen LogP contribution in [0.3, 0.4) is 0 Å². The van der Waals surface area contributed by atoms with Crippen molar-refractivity contribution < 1.29 is 14.7 Å². The van der Waals surface area contributed by atoms with Crippen molar-refractivity contribution in [2.24, 2.45) is 5.41 Å². The molecule has 0 aliphatic heterocycles. The average molecular weight is 296 g/mol. The summed E-state index contributed by atoms with van der Waals surface area (Å²) in [7, 11) is 0. The lowest BCUT2D eigenvalue weighted by molar-refractivity contribution is -0.144. The number of amides is 1. The Labute approximate surface area is 123 Å². The lowest BCUT2D eigenvalue weighted by Gasteiger charge is -2.27. The third-order valence-electron chi connectivity index (χ3n) is 2.68. The van der Waals surface area contributed by atoms with E-state index in [1.807, 2.05) is 0 Å². The highest BCUT2D eigenvalue weighted by Crippen LogP contribution is 2.19. The van der Waals surface area contributed by atoms with Crippen LogP contribution in [0.1, 0.15) is 26.3 Å². The molecular weight excluding hydrogens is 278 g/mol. The first-order valence-electron chi connectivity index (χ1n) is 6.17. The summed E-state index contributed by atoms with van der Waals surface area (Å²) < 4.78 is 0. The van der Waals surface area contributed by atoms with Crippen LogP contribution in [0.4, 0.5) is 0 Å². The SMILES string of the molecule is CC(C)(C)[C@@H](NC(=O)/C=C/c1cccc(Cl)c1)C(=O)O. The molecule has 0 aliphatic carbocycles. The van der Waals surface area contributed by atoms with Crippen LogP contribution >= 0.6 is 11.6 Å². The molecule has 1 aromatic rings. The predicted octanol–water partition coefficient (Wildman–Crippen LogP) is 2.97. The number of benzene rings is 1. The molecule has 2 N–H and O–H groups in total. The Hall–Kier alpha value is -1.81. The normalized spacial score (nSPS) is 13.2. The smallest absolute Gasteiger partial charge is 0.326 e. The number of halogens is 1. The number of carbonyl (C=O) groups excluding carboxylic acids is 1. The number of aliphatic carboxylic acids is 1. The van der Waals surface area contributed by atoms with Gasteiger partial charge < -0.3 is 10.4 Å². The Kier molecular flexibility index (Phi) is 5.34. The summed E-state index contributed by atoms with van der Waals surface area (Å²) in [5, 5.41) is 12.2. The van der Waals surface area contributed by atoms with E-state index in [0.717, 1.165) is 5.56 Å². The molecule has 0 spiro atoms. The number of hydrogen-bond acceptors (Lipinski definition) is 2. The first-order chi connectivity index (χ1) is 9.20. The van der Waals surface area contributed by atoms with E-state index in [-0.39, 0.29) is 0 Å². The van der Waals surface area contributed by atoms with E-state index in [1.165, 1.54) is 6.08 Å². The monoisotopic (exact) mass is 295 g/mol. The summed E-state index contributed by atoms with van der Waals surface area (Å²) in [4.78, 5) is 22.9. The summed E-state index contributed by atoms with van der Waals surface area (Å²) in [6, 6.07) is 6.07. The minimum absolute atomic E-state index is 0.452. The largest absolute Gasteiger partial charge is 0.480 e. The fraction of sp³-hybridized carbons (Fsp3) is 0.333. The fourth-order valence-corrected chi connectivity index (χ4v) is 1.82. The molecule has 0 aromatic heterocycles. The fourth-order valence-electron chi connectivity index (χ4n) is 1.62. The molecule has 0 heterocycles. The minimum atomic E-state index is -1.05. The van der Waals surface area contributed by atoms with Gasteiger partial charge in [0.05, 0.1) is 0 Å². The Morgan fingerprint density at radius 1 is 1.35 bits per heavy atom. The van der Waals surface area contributed by atoms with Gasteiger partial charge in [-0.05, 0) is 29.2 Å². The van der Waals surface area contributed by atoms with E-state index in [4.69, 9.17) is 16.7 Å².